The first kappa shape index (κ1) is 17.7. The second-order valence-corrected chi connectivity index (χ2v) is 6.71. The molecular formula is C22H19N3O3. The zero-order valence-corrected chi connectivity index (χ0v) is 15.5. The Labute approximate surface area is 162 Å². The van der Waals surface area contributed by atoms with Crippen LogP contribution in [0.3, 0.4) is 0 Å². The van der Waals surface area contributed by atoms with Crippen LogP contribution in [0.5, 0.6) is 5.75 Å². The van der Waals surface area contributed by atoms with Gasteiger partial charge in [0.15, 0.2) is 0 Å². The molecule has 1 aliphatic rings. The van der Waals surface area contributed by atoms with Crippen LogP contribution in [0.1, 0.15) is 18.1 Å². The molecule has 6 heteroatoms. The van der Waals surface area contributed by atoms with E-state index in [0.717, 1.165) is 21.3 Å². The molecule has 4 rings (SSSR count). The van der Waals surface area contributed by atoms with Gasteiger partial charge in [0.1, 0.15) is 11.3 Å². The van der Waals surface area contributed by atoms with Crippen molar-refractivity contribution >= 4 is 28.9 Å². The van der Waals surface area contributed by atoms with Crippen molar-refractivity contribution in [3.05, 3.63) is 77.9 Å². The fraction of sp³-hybridized carbons (Fsp3) is 0.136. The lowest BCUT2D eigenvalue weighted by Crippen LogP contribution is -2.40. The number of urea groups is 1. The Bertz CT molecular complexity index is 1090. The quantitative estimate of drug-likeness (QED) is 0.561. The molecular weight excluding hydrogens is 354 g/mol. The van der Waals surface area contributed by atoms with Gasteiger partial charge in [-0.05, 0) is 35.4 Å². The molecule has 0 radical (unpaired) electrons. The standard InChI is InChI=1S/C22H19N3O3/c1-22(17-10-12-18(28-2)13-11-17)20(26)25(21(27)24-22)23-14-16-8-5-7-15-6-3-4-9-19(15)16/h3-14H,1-2H3,(H,24,27)/b23-14-/t22-/m1/s1. The van der Waals surface area contributed by atoms with Crippen LogP contribution in [0.25, 0.3) is 10.8 Å². The average Bonchev–Trinajstić information content (AvgIpc) is 2.95. The number of carbonyl (C=O) groups is 2. The Morgan fingerprint density at radius 1 is 1.00 bits per heavy atom. The molecule has 0 bridgehead atoms. The van der Waals surface area contributed by atoms with Gasteiger partial charge in [0.2, 0.25) is 0 Å². The summed E-state index contributed by atoms with van der Waals surface area (Å²) in [4.78, 5) is 25.4. The summed E-state index contributed by atoms with van der Waals surface area (Å²) < 4.78 is 5.15. The molecule has 6 nitrogen and oxygen atoms in total. The Morgan fingerprint density at radius 2 is 1.71 bits per heavy atom. The van der Waals surface area contributed by atoms with Crippen LogP contribution in [0, 0.1) is 0 Å². The monoisotopic (exact) mass is 373 g/mol. The maximum absolute atomic E-state index is 13.0. The number of imide groups is 1. The summed E-state index contributed by atoms with van der Waals surface area (Å²) in [5.41, 5.74) is 0.311. The highest BCUT2D eigenvalue weighted by atomic mass is 16.5. The van der Waals surface area contributed by atoms with Crippen LogP contribution in [0.2, 0.25) is 0 Å². The van der Waals surface area contributed by atoms with Crippen LogP contribution in [0.15, 0.2) is 71.8 Å². The second-order valence-electron chi connectivity index (χ2n) is 6.71. The fourth-order valence-electron chi connectivity index (χ4n) is 3.33. The zero-order valence-electron chi connectivity index (χ0n) is 15.5. The molecule has 0 spiro atoms. The van der Waals surface area contributed by atoms with Gasteiger partial charge in [-0.2, -0.15) is 5.10 Å². The number of methoxy groups -OCH3 is 1. The first-order chi connectivity index (χ1) is 13.5. The third kappa shape index (κ3) is 2.89. The fourth-order valence-corrected chi connectivity index (χ4v) is 3.33. The number of nitrogens with one attached hydrogen (secondary N) is 1. The predicted octanol–water partition coefficient (Wildman–Crippen LogP) is 3.65. The SMILES string of the molecule is COc1ccc([C@@]2(C)NC(=O)N(/N=C\c3cccc4ccccc34)C2=O)cc1. The van der Waals surface area contributed by atoms with Gasteiger partial charge < -0.3 is 10.1 Å². The molecule has 1 heterocycles. The molecule has 28 heavy (non-hydrogen) atoms. The maximum atomic E-state index is 13.0. The van der Waals surface area contributed by atoms with Gasteiger partial charge >= 0.3 is 6.03 Å². The van der Waals surface area contributed by atoms with Crippen molar-refractivity contribution in [2.24, 2.45) is 5.10 Å². The highest BCUT2D eigenvalue weighted by molar-refractivity contribution is 6.08. The summed E-state index contributed by atoms with van der Waals surface area (Å²) in [6, 6.07) is 20.2. The Morgan fingerprint density at radius 3 is 2.46 bits per heavy atom. The second kappa shape index (κ2) is 6.81. The van der Waals surface area contributed by atoms with Gasteiger partial charge in [0, 0.05) is 5.56 Å². The predicted molar refractivity (Wildman–Crippen MR) is 107 cm³/mol. The molecule has 0 saturated carbocycles. The van der Waals surface area contributed by atoms with E-state index in [-0.39, 0.29) is 0 Å². The van der Waals surface area contributed by atoms with Crippen LogP contribution in [-0.2, 0) is 10.3 Å². The van der Waals surface area contributed by atoms with Crippen molar-refractivity contribution in [1.29, 1.82) is 0 Å². The first-order valence-corrected chi connectivity index (χ1v) is 8.86. The van der Waals surface area contributed by atoms with Crippen LogP contribution < -0.4 is 10.1 Å². The molecule has 1 saturated heterocycles. The molecule has 1 atom stereocenters. The van der Waals surface area contributed by atoms with Gasteiger partial charge in [0.05, 0.1) is 13.3 Å². The van der Waals surface area contributed by atoms with E-state index >= 15 is 0 Å². The zero-order chi connectivity index (χ0) is 19.7. The number of rotatable bonds is 4. The van der Waals surface area contributed by atoms with Gasteiger partial charge in [-0.15, -0.1) is 5.01 Å². The molecule has 3 amide bonds. The Kier molecular flexibility index (Phi) is 4.31. The van der Waals surface area contributed by atoms with Crippen molar-refractivity contribution < 1.29 is 14.3 Å². The summed E-state index contributed by atoms with van der Waals surface area (Å²) in [5, 5.41) is 9.86. The third-order valence-corrected chi connectivity index (χ3v) is 4.97. The highest BCUT2D eigenvalue weighted by Gasteiger charge is 2.49. The molecule has 0 aromatic heterocycles. The lowest BCUT2D eigenvalue weighted by atomic mass is 9.92. The summed E-state index contributed by atoms with van der Waals surface area (Å²) in [6.07, 6.45) is 1.54. The Balaban J connectivity index is 1.64. The third-order valence-electron chi connectivity index (χ3n) is 4.97. The summed E-state index contributed by atoms with van der Waals surface area (Å²) in [6.45, 7) is 1.67. The Hall–Kier alpha value is -3.67. The lowest BCUT2D eigenvalue weighted by Gasteiger charge is -2.21. The summed E-state index contributed by atoms with van der Waals surface area (Å²) in [7, 11) is 1.57. The van der Waals surface area contributed by atoms with E-state index in [4.69, 9.17) is 4.74 Å². The minimum absolute atomic E-state index is 0.431. The minimum Gasteiger partial charge on any atom is -0.497 e. The molecule has 3 aromatic rings. The number of hydrogen-bond donors (Lipinski definition) is 1. The number of hydrazone groups is 1. The topological polar surface area (TPSA) is 71.0 Å². The normalized spacial score (nSPS) is 19.4. The van der Waals surface area contributed by atoms with Crippen molar-refractivity contribution in [3.8, 4) is 5.75 Å². The summed E-state index contributed by atoms with van der Waals surface area (Å²) in [5.74, 6) is 0.245. The molecule has 3 aromatic carbocycles. The number of amides is 3. The molecule has 1 fully saturated rings. The average molecular weight is 373 g/mol. The number of hydrogen-bond acceptors (Lipinski definition) is 4. The van der Waals surface area contributed by atoms with E-state index in [1.54, 1.807) is 44.5 Å². The van der Waals surface area contributed by atoms with E-state index in [2.05, 4.69) is 10.4 Å². The number of ether oxygens (including phenoxy) is 1. The molecule has 140 valence electrons. The number of nitrogens with zero attached hydrogens (tertiary/aromatic N) is 2. The summed E-state index contributed by atoms with van der Waals surface area (Å²) >= 11 is 0. The van der Waals surface area contributed by atoms with Crippen LogP contribution in [-0.4, -0.2) is 30.3 Å². The number of benzene rings is 3. The van der Waals surface area contributed by atoms with E-state index < -0.39 is 17.5 Å². The van der Waals surface area contributed by atoms with E-state index in [0.29, 0.717) is 11.3 Å². The minimum atomic E-state index is -1.18. The largest absolute Gasteiger partial charge is 0.497 e. The molecule has 1 N–H and O–H groups in total. The molecule has 1 aliphatic heterocycles. The van der Waals surface area contributed by atoms with Crippen LogP contribution in [0.4, 0.5) is 4.79 Å². The van der Waals surface area contributed by atoms with E-state index in [1.165, 1.54) is 0 Å². The molecule has 0 aliphatic carbocycles. The van der Waals surface area contributed by atoms with Crippen molar-refractivity contribution in [2.45, 2.75) is 12.5 Å². The number of carbonyl (C=O) groups excluding carboxylic acids is 2. The molecule has 0 unspecified atom stereocenters. The van der Waals surface area contributed by atoms with Crippen molar-refractivity contribution in [3.63, 3.8) is 0 Å². The van der Waals surface area contributed by atoms with E-state index in [1.807, 2.05) is 42.5 Å². The van der Waals surface area contributed by atoms with Crippen LogP contribution >= 0.6 is 0 Å². The number of fused-ring (bicyclic) bond motifs is 1. The van der Waals surface area contributed by atoms with Crippen molar-refractivity contribution in [1.82, 2.24) is 10.3 Å². The van der Waals surface area contributed by atoms with E-state index in [9.17, 15) is 9.59 Å². The first-order valence-electron chi connectivity index (χ1n) is 8.86. The van der Waals surface area contributed by atoms with Gasteiger partial charge in [-0.25, -0.2) is 4.79 Å². The van der Waals surface area contributed by atoms with Crippen molar-refractivity contribution in [2.75, 3.05) is 7.11 Å². The smallest absolute Gasteiger partial charge is 0.346 e. The highest BCUT2D eigenvalue weighted by Crippen LogP contribution is 2.30. The van der Waals surface area contributed by atoms with Gasteiger partial charge in [-0.3, -0.25) is 4.79 Å². The lowest BCUT2D eigenvalue weighted by molar-refractivity contribution is -0.131. The maximum Gasteiger partial charge on any atom is 0.346 e. The van der Waals surface area contributed by atoms with Gasteiger partial charge in [0.25, 0.3) is 5.91 Å². The van der Waals surface area contributed by atoms with Gasteiger partial charge in [-0.1, -0.05) is 54.6 Å².